The molecule has 3 heteroatoms. The molecule has 0 rings (SSSR count). The molecule has 0 aromatic heterocycles. The van der Waals surface area contributed by atoms with Gasteiger partial charge in [0.25, 0.3) is 0 Å². The van der Waals surface area contributed by atoms with Crippen molar-refractivity contribution in [1.29, 1.82) is 0 Å². The maximum atomic E-state index is 10.4. The summed E-state index contributed by atoms with van der Waals surface area (Å²) in [6, 6.07) is 0. The van der Waals surface area contributed by atoms with E-state index in [0.717, 1.165) is 0 Å². The van der Waals surface area contributed by atoms with Gasteiger partial charge in [-0.2, -0.15) is 0 Å². The summed E-state index contributed by atoms with van der Waals surface area (Å²) in [6.07, 6.45) is 0. The Hall–Kier alpha value is -0.0366. The summed E-state index contributed by atoms with van der Waals surface area (Å²) in [6.45, 7) is 4.46. The predicted octanol–water partition coefficient (Wildman–Crippen LogP) is 0.798. The second kappa shape index (κ2) is 4.81. The van der Waals surface area contributed by atoms with E-state index in [1.165, 1.54) is 13.8 Å². The van der Waals surface area contributed by atoms with Gasteiger partial charge in [0.1, 0.15) is 11.6 Å². The van der Waals surface area contributed by atoms with E-state index in [1.54, 1.807) is 6.92 Å². The van der Waals surface area contributed by atoms with Gasteiger partial charge in [-0.25, -0.2) is 0 Å². The zero-order chi connectivity index (χ0) is 6.73. The molecule has 0 bridgehead atoms. The molecule has 0 aliphatic carbocycles. The zero-order valence-corrected chi connectivity index (χ0v) is 7.37. The van der Waals surface area contributed by atoms with Gasteiger partial charge in [-0.3, -0.25) is 9.59 Å². The molecule has 55 valence electrons. The van der Waals surface area contributed by atoms with Crippen LogP contribution in [0, 0.1) is 5.92 Å². The van der Waals surface area contributed by atoms with Gasteiger partial charge in [0, 0.05) is 19.5 Å². The van der Waals surface area contributed by atoms with Gasteiger partial charge in [0.15, 0.2) is 0 Å². The third-order valence-corrected chi connectivity index (χ3v) is 1.22. The second-order valence-corrected chi connectivity index (χ2v) is 1.94. The molecule has 0 saturated heterocycles. The standard InChI is InChI=1S/C6H10O2.Rh/c1-4(5(2)7)6(3)8;/h4H,1-3H3;. The van der Waals surface area contributed by atoms with Crippen molar-refractivity contribution < 1.29 is 29.1 Å². The van der Waals surface area contributed by atoms with Gasteiger partial charge in [-0.15, -0.1) is 0 Å². The Morgan fingerprint density at radius 1 is 1.11 bits per heavy atom. The molecule has 0 fully saturated rings. The molecule has 0 N–H and O–H groups in total. The molecule has 0 aliphatic rings. The Morgan fingerprint density at radius 2 is 1.33 bits per heavy atom. The topological polar surface area (TPSA) is 34.1 Å². The van der Waals surface area contributed by atoms with Crippen molar-refractivity contribution in [2.45, 2.75) is 20.8 Å². The molecule has 0 amide bonds. The Morgan fingerprint density at radius 3 is 1.33 bits per heavy atom. The van der Waals surface area contributed by atoms with Crippen molar-refractivity contribution in [3.8, 4) is 0 Å². The Balaban J connectivity index is 0. The van der Waals surface area contributed by atoms with E-state index in [4.69, 9.17) is 0 Å². The molecule has 0 aliphatic heterocycles. The van der Waals surface area contributed by atoms with Crippen LogP contribution in [0.5, 0.6) is 0 Å². The molecule has 1 radical (unpaired) electrons. The first kappa shape index (κ1) is 11.7. The van der Waals surface area contributed by atoms with Gasteiger partial charge in [0.05, 0.1) is 5.92 Å². The third-order valence-electron chi connectivity index (χ3n) is 1.22. The zero-order valence-electron chi connectivity index (χ0n) is 5.73. The fraction of sp³-hybridized carbons (Fsp3) is 0.667. The first-order valence-electron chi connectivity index (χ1n) is 2.56. The minimum atomic E-state index is -0.407. The molecular weight excluding hydrogens is 207 g/mol. The van der Waals surface area contributed by atoms with E-state index in [-0.39, 0.29) is 31.0 Å². The minimum Gasteiger partial charge on any atom is -0.299 e. The number of hydrogen-bond donors (Lipinski definition) is 0. The van der Waals surface area contributed by atoms with Crippen molar-refractivity contribution in [2.24, 2.45) is 5.92 Å². The normalized spacial score (nSPS) is 8.44. The summed E-state index contributed by atoms with van der Waals surface area (Å²) in [5.41, 5.74) is 0. The van der Waals surface area contributed by atoms with Crippen LogP contribution in [0.3, 0.4) is 0 Å². The molecule has 0 spiro atoms. The Labute approximate surface area is 67.8 Å². The Kier molecular flexibility index (Phi) is 6.26. The fourth-order valence-corrected chi connectivity index (χ4v) is 0.286. The molecule has 0 aromatic carbocycles. The van der Waals surface area contributed by atoms with E-state index in [9.17, 15) is 9.59 Å². The van der Waals surface area contributed by atoms with Crippen LogP contribution in [0.15, 0.2) is 0 Å². The average Bonchev–Trinajstić information content (AvgIpc) is 1.64. The molecule has 0 unspecified atom stereocenters. The van der Waals surface area contributed by atoms with Crippen molar-refractivity contribution in [3.63, 3.8) is 0 Å². The smallest absolute Gasteiger partial charge is 0.139 e. The average molecular weight is 217 g/mol. The van der Waals surface area contributed by atoms with Crippen LogP contribution in [-0.4, -0.2) is 11.6 Å². The first-order valence-corrected chi connectivity index (χ1v) is 2.56. The monoisotopic (exact) mass is 217 g/mol. The number of carbonyl (C=O) groups is 2. The Bertz CT molecular complexity index is 106. The van der Waals surface area contributed by atoms with Gasteiger partial charge < -0.3 is 0 Å². The van der Waals surface area contributed by atoms with Crippen LogP contribution >= 0.6 is 0 Å². The van der Waals surface area contributed by atoms with E-state index in [1.807, 2.05) is 0 Å². The summed E-state index contributed by atoms with van der Waals surface area (Å²) in [4.78, 5) is 20.7. The van der Waals surface area contributed by atoms with Gasteiger partial charge in [0.2, 0.25) is 0 Å². The molecule has 0 saturated carbocycles. The van der Waals surface area contributed by atoms with Gasteiger partial charge in [-0.05, 0) is 20.8 Å². The number of hydrogen-bond acceptors (Lipinski definition) is 2. The van der Waals surface area contributed by atoms with Gasteiger partial charge >= 0.3 is 0 Å². The fourth-order valence-electron chi connectivity index (χ4n) is 0.286. The number of Topliss-reactive ketones (excluding diaryl/α,β-unsaturated/α-hetero) is 2. The SMILES string of the molecule is CC(=O)C(C)C(C)=O.[Rh]. The summed E-state index contributed by atoms with van der Waals surface area (Å²) in [5.74, 6) is -0.523. The van der Waals surface area contributed by atoms with Crippen molar-refractivity contribution in [1.82, 2.24) is 0 Å². The number of ketones is 2. The van der Waals surface area contributed by atoms with Crippen LogP contribution in [0.1, 0.15) is 20.8 Å². The van der Waals surface area contributed by atoms with Crippen LogP contribution in [0.2, 0.25) is 0 Å². The molecule has 9 heavy (non-hydrogen) atoms. The van der Waals surface area contributed by atoms with Crippen molar-refractivity contribution >= 4 is 11.6 Å². The maximum Gasteiger partial charge on any atom is 0.139 e. The summed E-state index contributed by atoms with van der Waals surface area (Å²) in [5, 5.41) is 0. The van der Waals surface area contributed by atoms with Crippen LogP contribution < -0.4 is 0 Å². The van der Waals surface area contributed by atoms with E-state index >= 15 is 0 Å². The largest absolute Gasteiger partial charge is 0.299 e. The van der Waals surface area contributed by atoms with E-state index < -0.39 is 5.92 Å². The quantitative estimate of drug-likeness (QED) is 0.506. The molecular formula is C6H10O2Rh. The number of rotatable bonds is 2. The van der Waals surface area contributed by atoms with E-state index in [0.29, 0.717) is 0 Å². The molecule has 0 heterocycles. The van der Waals surface area contributed by atoms with Crippen molar-refractivity contribution in [2.75, 3.05) is 0 Å². The van der Waals surface area contributed by atoms with Crippen molar-refractivity contribution in [3.05, 3.63) is 0 Å². The summed E-state index contributed by atoms with van der Waals surface area (Å²) >= 11 is 0. The maximum absolute atomic E-state index is 10.4. The third kappa shape index (κ3) is 4.47. The molecule has 0 atom stereocenters. The number of carbonyl (C=O) groups excluding carboxylic acids is 2. The van der Waals surface area contributed by atoms with Crippen LogP contribution in [0.4, 0.5) is 0 Å². The first-order chi connectivity index (χ1) is 3.55. The van der Waals surface area contributed by atoms with Gasteiger partial charge in [-0.1, -0.05) is 0 Å². The molecule has 0 aromatic rings. The summed E-state index contributed by atoms with van der Waals surface area (Å²) in [7, 11) is 0. The van der Waals surface area contributed by atoms with E-state index in [2.05, 4.69) is 0 Å². The molecule has 2 nitrogen and oxygen atoms in total. The second-order valence-electron chi connectivity index (χ2n) is 1.94. The summed E-state index contributed by atoms with van der Waals surface area (Å²) < 4.78 is 0. The minimum absolute atomic E-state index is 0. The van der Waals surface area contributed by atoms with Crippen LogP contribution in [-0.2, 0) is 29.1 Å². The predicted molar refractivity (Wildman–Crippen MR) is 30.5 cm³/mol. The van der Waals surface area contributed by atoms with Crippen LogP contribution in [0.25, 0.3) is 0 Å².